The van der Waals surface area contributed by atoms with E-state index in [1.54, 1.807) is 12.3 Å². The lowest BCUT2D eigenvalue weighted by Crippen LogP contribution is -2.14. The summed E-state index contributed by atoms with van der Waals surface area (Å²) in [5, 5.41) is 11.4. The second-order valence-electron chi connectivity index (χ2n) is 3.07. The van der Waals surface area contributed by atoms with Gasteiger partial charge in [-0.15, -0.1) is 0 Å². The lowest BCUT2D eigenvalue weighted by atomic mass is 10.3. The van der Waals surface area contributed by atoms with Crippen LogP contribution < -0.4 is 5.73 Å². The predicted octanol–water partition coefficient (Wildman–Crippen LogP) is 1.49. The van der Waals surface area contributed by atoms with Crippen LogP contribution in [0.4, 0.5) is 0 Å². The zero-order valence-corrected chi connectivity index (χ0v) is 10.5. The fraction of sp³-hybridized carbons (Fsp3) is 0.111. The maximum atomic E-state index is 8.50. The van der Waals surface area contributed by atoms with E-state index >= 15 is 0 Å². The number of aryl methyl sites for hydroxylation is 1. The molecule has 2 rings (SSSR count). The van der Waals surface area contributed by atoms with Crippen LogP contribution in [0, 0.1) is 6.92 Å². The van der Waals surface area contributed by atoms with Crippen molar-refractivity contribution >= 4 is 29.1 Å². The third-order valence-electron chi connectivity index (χ3n) is 1.82. The van der Waals surface area contributed by atoms with Gasteiger partial charge in [0.1, 0.15) is 11.5 Å². The van der Waals surface area contributed by atoms with Crippen LogP contribution in [0.5, 0.6) is 0 Å². The van der Waals surface area contributed by atoms with Crippen LogP contribution in [0.3, 0.4) is 0 Å². The molecule has 8 heteroatoms. The van der Waals surface area contributed by atoms with Gasteiger partial charge in [-0.1, -0.05) is 16.9 Å². The molecule has 0 fully saturated rings. The first-order valence-electron chi connectivity index (χ1n) is 4.61. The van der Waals surface area contributed by atoms with Gasteiger partial charge in [0.2, 0.25) is 0 Å². The average molecular weight is 267 g/mol. The largest absolute Gasteiger partial charge is 0.409 e. The molecule has 0 aliphatic rings. The standard InChI is InChI=1S/C9H9N5OS2/c1-5-12-9(17-14-5)16-6-2-3-7(11-4-6)8(10)13-15/h2-4,15H,1H3,(H2,10,13). The van der Waals surface area contributed by atoms with Crippen molar-refractivity contribution in [2.45, 2.75) is 16.2 Å². The second-order valence-corrected chi connectivity index (χ2v) is 5.15. The van der Waals surface area contributed by atoms with Crippen molar-refractivity contribution in [3.8, 4) is 0 Å². The summed E-state index contributed by atoms with van der Waals surface area (Å²) in [6, 6.07) is 3.52. The summed E-state index contributed by atoms with van der Waals surface area (Å²) >= 11 is 2.82. The minimum atomic E-state index is -0.00619. The molecule has 0 aromatic carbocycles. The van der Waals surface area contributed by atoms with Crippen LogP contribution in [-0.2, 0) is 0 Å². The van der Waals surface area contributed by atoms with E-state index in [1.807, 2.05) is 13.0 Å². The van der Waals surface area contributed by atoms with Gasteiger partial charge in [-0.25, -0.2) is 4.98 Å². The summed E-state index contributed by atoms with van der Waals surface area (Å²) in [6.07, 6.45) is 1.65. The lowest BCUT2D eigenvalue weighted by molar-refractivity contribution is 0.318. The van der Waals surface area contributed by atoms with Gasteiger partial charge >= 0.3 is 0 Å². The normalized spacial score (nSPS) is 11.7. The first-order valence-corrected chi connectivity index (χ1v) is 6.20. The lowest BCUT2D eigenvalue weighted by Gasteiger charge is -1.99. The molecular weight excluding hydrogens is 258 g/mol. The van der Waals surface area contributed by atoms with Crippen LogP contribution in [0.15, 0.2) is 32.7 Å². The number of aromatic nitrogens is 3. The third-order valence-corrected chi connectivity index (χ3v) is 3.64. The summed E-state index contributed by atoms with van der Waals surface area (Å²) in [4.78, 5) is 9.23. The smallest absolute Gasteiger partial charge is 0.188 e. The first-order chi connectivity index (χ1) is 8.19. The summed E-state index contributed by atoms with van der Waals surface area (Å²) in [5.41, 5.74) is 5.85. The van der Waals surface area contributed by atoms with Gasteiger partial charge in [0.25, 0.3) is 0 Å². The molecule has 2 aromatic heterocycles. The Bertz CT molecular complexity index is 537. The Morgan fingerprint density at radius 2 is 2.35 bits per heavy atom. The van der Waals surface area contributed by atoms with Gasteiger partial charge < -0.3 is 10.9 Å². The molecule has 0 amide bonds. The Morgan fingerprint density at radius 1 is 1.53 bits per heavy atom. The number of nitrogens with two attached hydrogens (primary N) is 1. The van der Waals surface area contributed by atoms with E-state index < -0.39 is 0 Å². The number of nitrogens with zero attached hydrogens (tertiary/aromatic N) is 4. The Labute approximate surface area is 106 Å². The molecule has 0 bridgehead atoms. The first kappa shape index (κ1) is 11.8. The second kappa shape index (κ2) is 5.11. The zero-order valence-electron chi connectivity index (χ0n) is 8.86. The highest BCUT2D eigenvalue weighted by Crippen LogP contribution is 2.28. The van der Waals surface area contributed by atoms with E-state index in [4.69, 9.17) is 10.9 Å². The SMILES string of the molecule is Cc1nsc(Sc2ccc(/C(N)=N/O)nc2)n1. The van der Waals surface area contributed by atoms with Gasteiger partial charge in [-0.3, -0.25) is 4.98 Å². The fourth-order valence-corrected chi connectivity index (χ4v) is 2.66. The molecule has 0 radical (unpaired) electrons. The summed E-state index contributed by atoms with van der Waals surface area (Å²) in [5.74, 6) is 0.757. The third kappa shape index (κ3) is 2.92. The van der Waals surface area contributed by atoms with E-state index in [-0.39, 0.29) is 5.84 Å². The Kier molecular flexibility index (Phi) is 3.55. The fourth-order valence-electron chi connectivity index (χ4n) is 1.06. The average Bonchev–Trinajstić information content (AvgIpc) is 2.75. The van der Waals surface area contributed by atoms with Gasteiger partial charge in [0.05, 0.1) is 0 Å². The minimum Gasteiger partial charge on any atom is -0.409 e. The number of pyridine rings is 1. The van der Waals surface area contributed by atoms with Crippen molar-refractivity contribution < 1.29 is 5.21 Å². The Balaban J connectivity index is 2.13. The topological polar surface area (TPSA) is 97.3 Å². The zero-order chi connectivity index (χ0) is 12.3. The highest BCUT2D eigenvalue weighted by Gasteiger charge is 2.05. The highest BCUT2D eigenvalue weighted by atomic mass is 32.2. The van der Waals surface area contributed by atoms with Crippen molar-refractivity contribution in [3.63, 3.8) is 0 Å². The van der Waals surface area contributed by atoms with Gasteiger partial charge in [-0.05, 0) is 30.6 Å². The maximum absolute atomic E-state index is 8.50. The number of amidine groups is 1. The van der Waals surface area contributed by atoms with Crippen molar-refractivity contribution in [3.05, 3.63) is 29.8 Å². The van der Waals surface area contributed by atoms with E-state index in [0.29, 0.717) is 5.69 Å². The molecule has 3 N–H and O–H groups in total. The van der Waals surface area contributed by atoms with Crippen LogP contribution in [0.2, 0.25) is 0 Å². The van der Waals surface area contributed by atoms with Gasteiger partial charge in [-0.2, -0.15) is 4.37 Å². The van der Waals surface area contributed by atoms with E-state index in [1.165, 1.54) is 23.3 Å². The molecule has 88 valence electrons. The number of hydrogen-bond donors (Lipinski definition) is 2. The number of rotatable bonds is 3. The van der Waals surface area contributed by atoms with E-state index in [2.05, 4.69) is 19.5 Å². The number of hydrogen-bond acceptors (Lipinski definition) is 7. The molecule has 0 aliphatic carbocycles. The minimum absolute atomic E-state index is 0.00619. The Hall–Kier alpha value is -1.67. The van der Waals surface area contributed by atoms with Gasteiger partial charge in [0, 0.05) is 11.1 Å². The van der Waals surface area contributed by atoms with Crippen LogP contribution in [0.1, 0.15) is 11.5 Å². The molecule has 6 nitrogen and oxygen atoms in total. The van der Waals surface area contributed by atoms with Crippen molar-refractivity contribution in [2.75, 3.05) is 0 Å². The summed E-state index contributed by atoms with van der Waals surface area (Å²) in [6.45, 7) is 1.85. The summed E-state index contributed by atoms with van der Waals surface area (Å²) < 4.78 is 4.95. The van der Waals surface area contributed by atoms with Crippen LogP contribution in [-0.4, -0.2) is 25.4 Å². The molecular formula is C9H9N5OS2. The predicted molar refractivity (Wildman–Crippen MR) is 65.5 cm³/mol. The van der Waals surface area contributed by atoms with E-state index in [0.717, 1.165) is 15.1 Å². The van der Waals surface area contributed by atoms with Crippen LogP contribution >= 0.6 is 23.3 Å². The molecule has 0 saturated heterocycles. The maximum Gasteiger partial charge on any atom is 0.188 e. The quantitative estimate of drug-likeness (QED) is 0.378. The van der Waals surface area contributed by atoms with E-state index in [9.17, 15) is 0 Å². The molecule has 0 aliphatic heterocycles. The van der Waals surface area contributed by atoms with Crippen molar-refractivity contribution in [1.29, 1.82) is 0 Å². The molecule has 2 heterocycles. The highest BCUT2D eigenvalue weighted by molar-refractivity contribution is 8.01. The molecule has 0 unspecified atom stereocenters. The van der Waals surface area contributed by atoms with Crippen molar-refractivity contribution in [2.24, 2.45) is 10.9 Å². The summed E-state index contributed by atoms with van der Waals surface area (Å²) in [7, 11) is 0. The number of oxime groups is 1. The monoisotopic (exact) mass is 267 g/mol. The Morgan fingerprint density at radius 3 is 2.88 bits per heavy atom. The molecule has 0 spiro atoms. The molecule has 2 aromatic rings. The van der Waals surface area contributed by atoms with Crippen LogP contribution in [0.25, 0.3) is 0 Å². The van der Waals surface area contributed by atoms with Gasteiger partial charge in [0.15, 0.2) is 10.2 Å². The molecule has 0 atom stereocenters. The van der Waals surface area contributed by atoms with Crippen molar-refractivity contribution in [1.82, 2.24) is 14.3 Å². The molecule has 17 heavy (non-hydrogen) atoms. The molecule has 0 saturated carbocycles.